The second-order valence-corrected chi connectivity index (χ2v) is 5.36. The number of hydrogen-bond acceptors (Lipinski definition) is 3. The highest BCUT2D eigenvalue weighted by atomic mass is 16.1. The van der Waals surface area contributed by atoms with Crippen molar-refractivity contribution in [2.45, 2.75) is 39.3 Å². The summed E-state index contributed by atoms with van der Waals surface area (Å²) >= 11 is 0. The minimum atomic E-state index is -0.0343. The third kappa shape index (κ3) is 4.62. The van der Waals surface area contributed by atoms with E-state index in [0.717, 1.165) is 13.0 Å². The Balaban J connectivity index is 3.04. The predicted molar refractivity (Wildman–Crippen MR) is 83.5 cm³/mol. The van der Waals surface area contributed by atoms with Crippen LogP contribution in [0.4, 0.5) is 0 Å². The van der Waals surface area contributed by atoms with E-state index in [-0.39, 0.29) is 18.0 Å². The Bertz CT molecular complexity index is 431. The molecule has 0 saturated carbocycles. The lowest BCUT2D eigenvalue weighted by Crippen LogP contribution is -2.44. The van der Waals surface area contributed by atoms with Crippen LogP contribution in [0.25, 0.3) is 0 Å². The number of carbonyl (C=O) groups is 1. The maximum absolute atomic E-state index is 11.7. The van der Waals surface area contributed by atoms with Gasteiger partial charge in [0.2, 0.25) is 5.91 Å². The minimum Gasteiger partial charge on any atom is -0.358 e. The van der Waals surface area contributed by atoms with Crippen molar-refractivity contribution in [3.8, 4) is 0 Å². The highest BCUT2D eigenvalue weighted by Crippen LogP contribution is 2.24. The van der Waals surface area contributed by atoms with Crippen LogP contribution in [0.1, 0.15) is 37.4 Å². The number of nitrogens with zero attached hydrogens (tertiary/aromatic N) is 1. The molecule has 0 heterocycles. The van der Waals surface area contributed by atoms with Gasteiger partial charge in [-0.2, -0.15) is 0 Å². The molecule has 0 aliphatic heterocycles. The first-order chi connectivity index (χ1) is 9.49. The molecule has 2 atom stereocenters. The molecule has 0 saturated heterocycles. The third-order valence-corrected chi connectivity index (χ3v) is 3.41. The van der Waals surface area contributed by atoms with Crippen LogP contribution in [-0.4, -0.2) is 37.0 Å². The second-order valence-electron chi connectivity index (χ2n) is 5.36. The lowest BCUT2D eigenvalue weighted by Gasteiger charge is -2.34. The van der Waals surface area contributed by atoms with Gasteiger partial charge in [0, 0.05) is 13.1 Å². The number of hydrogen-bond donors (Lipinski definition) is 2. The normalized spacial score (nSPS) is 14.1. The summed E-state index contributed by atoms with van der Waals surface area (Å²) in [5.74, 6) is 0.0248. The van der Waals surface area contributed by atoms with E-state index in [1.807, 2.05) is 13.0 Å². The number of nitrogens with one attached hydrogen (secondary N) is 1. The molecule has 0 bridgehead atoms. The van der Waals surface area contributed by atoms with Gasteiger partial charge in [-0.05, 0) is 32.4 Å². The van der Waals surface area contributed by atoms with Crippen molar-refractivity contribution in [2.75, 3.05) is 20.1 Å². The Hall–Kier alpha value is -1.39. The Kier molecular flexibility index (Phi) is 6.68. The zero-order chi connectivity index (χ0) is 15.1. The average molecular weight is 277 g/mol. The van der Waals surface area contributed by atoms with Crippen LogP contribution < -0.4 is 11.1 Å². The van der Waals surface area contributed by atoms with E-state index in [1.54, 1.807) is 7.05 Å². The molecule has 4 heteroatoms. The Morgan fingerprint density at radius 2 is 2.15 bits per heavy atom. The number of rotatable bonds is 7. The van der Waals surface area contributed by atoms with Gasteiger partial charge in [-0.3, -0.25) is 9.69 Å². The Morgan fingerprint density at radius 1 is 1.45 bits per heavy atom. The minimum absolute atomic E-state index is 0.0248. The summed E-state index contributed by atoms with van der Waals surface area (Å²) in [7, 11) is 1.67. The summed E-state index contributed by atoms with van der Waals surface area (Å²) in [6.45, 7) is 7.42. The Labute approximate surface area is 122 Å². The van der Waals surface area contributed by atoms with E-state index in [1.165, 1.54) is 11.1 Å². The molecule has 1 amide bonds. The number of aryl methyl sites for hydroxylation is 1. The Morgan fingerprint density at radius 3 is 2.65 bits per heavy atom. The van der Waals surface area contributed by atoms with Crippen LogP contribution in [0.15, 0.2) is 24.3 Å². The van der Waals surface area contributed by atoms with Gasteiger partial charge in [-0.1, -0.05) is 36.8 Å². The van der Waals surface area contributed by atoms with Crippen LogP contribution in [-0.2, 0) is 4.79 Å². The molecule has 0 aromatic heterocycles. The first-order valence-corrected chi connectivity index (χ1v) is 7.26. The third-order valence-electron chi connectivity index (χ3n) is 3.41. The predicted octanol–water partition coefficient (Wildman–Crippen LogP) is 1.84. The van der Waals surface area contributed by atoms with E-state index in [4.69, 9.17) is 5.73 Å². The molecule has 1 rings (SSSR count). The number of benzene rings is 1. The van der Waals surface area contributed by atoms with Gasteiger partial charge in [0.15, 0.2) is 0 Å². The van der Waals surface area contributed by atoms with Gasteiger partial charge >= 0.3 is 0 Å². The summed E-state index contributed by atoms with van der Waals surface area (Å²) in [5, 5.41) is 2.69. The SMILES string of the molecule is CCCN(CC(=O)NC)C(c1cccc(C)c1)C(C)N. The first-order valence-electron chi connectivity index (χ1n) is 7.26. The lowest BCUT2D eigenvalue weighted by atomic mass is 9.97. The van der Waals surface area contributed by atoms with Crippen LogP contribution in [0.3, 0.4) is 0 Å². The molecule has 0 spiro atoms. The molecule has 0 fully saturated rings. The summed E-state index contributed by atoms with van der Waals surface area (Å²) in [5.41, 5.74) is 8.58. The molecule has 0 radical (unpaired) electrons. The zero-order valence-electron chi connectivity index (χ0n) is 13.0. The van der Waals surface area contributed by atoms with Crippen molar-refractivity contribution >= 4 is 5.91 Å². The van der Waals surface area contributed by atoms with E-state index in [2.05, 4.69) is 42.3 Å². The molecular formula is C16H27N3O. The highest BCUT2D eigenvalue weighted by molar-refractivity contribution is 5.77. The number of carbonyl (C=O) groups excluding carboxylic acids is 1. The molecule has 0 aliphatic rings. The van der Waals surface area contributed by atoms with Gasteiger partial charge in [0.05, 0.1) is 12.6 Å². The van der Waals surface area contributed by atoms with E-state index >= 15 is 0 Å². The van der Waals surface area contributed by atoms with Gasteiger partial charge in [-0.15, -0.1) is 0 Å². The smallest absolute Gasteiger partial charge is 0.233 e. The monoisotopic (exact) mass is 277 g/mol. The molecule has 112 valence electrons. The molecule has 3 N–H and O–H groups in total. The largest absolute Gasteiger partial charge is 0.358 e. The van der Waals surface area contributed by atoms with Crippen molar-refractivity contribution in [1.29, 1.82) is 0 Å². The molecular weight excluding hydrogens is 250 g/mol. The number of likely N-dealkylation sites (N-methyl/N-ethyl adjacent to an activating group) is 1. The zero-order valence-corrected chi connectivity index (χ0v) is 13.0. The van der Waals surface area contributed by atoms with Gasteiger partial charge in [0.25, 0.3) is 0 Å². The number of nitrogens with two attached hydrogens (primary N) is 1. The van der Waals surface area contributed by atoms with E-state index in [9.17, 15) is 4.79 Å². The fourth-order valence-corrected chi connectivity index (χ4v) is 2.57. The van der Waals surface area contributed by atoms with Gasteiger partial charge in [-0.25, -0.2) is 0 Å². The molecule has 1 aromatic rings. The fraction of sp³-hybridized carbons (Fsp3) is 0.562. The molecule has 2 unspecified atom stereocenters. The summed E-state index contributed by atoms with van der Waals surface area (Å²) in [6, 6.07) is 8.39. The van der Waals surface area contributed by atoms with Gasteiger partial charge in [0.1, 0.15) is 0 Å². The summed E-state index contributed by atoms with van der Waals surface area (Å²) in [6.07, 6.45) is 0.992. The lowest BCUT2D eigenvalue weighted by molar-refractivity contribution is -0.122. The highest BCUT2D eigenvalue weighted by Gasteiger charge is 2.25. The molecule has 0 aliphatic carbocycles. The van der Waals surface area contributed by atoms with Crippen LogP contribution >= 0.6 is 0 Å². The summed E-state index contributed by atoms with van der Waals surface area (Å²) in [4.78, 5) is 13.9. The van der Waals surface area contributed by atoms with Crippen molar-refractivity contribution in [3.05, 3.63) is 35.4 Å². The summed E-state index contributed by atoms with van der Waals surface area (Å²) < 4.78 is 0. The van der Waals surface area contributed by atoms with Crippen molar-refractivity contribution in [1.82, 2.24) is 10.2 Å². The standard InChI is InChI=1S/C16H27N3O/c1-5-9-19(11-15(20)18-4)16(13(3)17)14-8-6-7-12(2)10-14/h6-8,10,13,16H,5,9,11,17H2,1-4H3,(H,18,20). The van der Waals surface area contributed by atoms with Crippen molar-refractivity contribution < 1.29 is 4.79 Å². The van der Waals surface area contributed by atoms with E-state index in [0.29, 0.717) is 6.54 Å². The van der Waals surface area contributed by atoms with Crippen molar-refractivity contribution in [2.24, 2.45) is 5.73 Å². The quantitative estimate of drug-likeness (QED) is 0.799. The maximum Gasteiger partial charge on any atom is 0.233 e. The van der Waals surface area contributed by atoms with Crippen LogP contribution in [0.5, 0.6) is 0 Å². The molecule has 1 aromatic carbocycles. The number of amides is 1. The van der Waals surface area contributed by atoms with Crippen LogP contribution in [0, 0.1) is 6.92 Å². The first kappa shape index (κ1) is 16.7. The van der Waals surface area contributed by atoms with Crippen molar-refractivity contribution in [3.63, 3.8) is 0 Å². The second kappa shape index (κ2) is 8.02. The van der Waals surface area contributed by atoms with E-state index < -0.39 is 0 Å². The fourth-order valence-electron chi connectivity index (χ4n) is 2.57. The van der Waals surface area contributed by atoms with Gasteiger partial charge < -0.3 is 11.1 Å². The molecule has 20 heavy (non-hydrogen) atoms. The molecule has 4 nitrogen and oxygen atoms in total. The topological polar surface area (TPSA) is 58.4 Å². The maximum atomic E-state index is 11.7. The van der Waals surface area contributed by atoms with Crippen LogP contribution in [0.2, 0.25) is 0 Å². The average Bonchev–Trinajstić information content (AvgIpc) is 2.38.